The van der Waals surface area contributed by atoms with E-state index >= 15 is 0 Å². The Balaban J connectivity index is 0.000000250. The number of methoxy groups -OCH3 is 1. The zero-order chi connectivity index (χ0) is 22.4. The number of carbonyl (C=O) groups is 2. The lowest BCUT2D eigenvalue weighted by atomic mass is 9.49. The number of aliphatic hydroxyl groups is 1. The van der Waals surface area contributed by atoms with Gasteiger partial charge in [-0.05, 0) is 51.4 Å². The standard InChI is InChI=1S/C18H21NO4.C6H8O2/c1-19-8-7-17-14-10-3-4-12(22-2)15(14)23-16(17)11(20)5-6-18(17,21)13(19)9-10;1-2-3-4-5-6(7)8/h3-4,13,16,21H,5-9H2,1-2H3;2-5H,1H3,(H,7,8)/b;3-2+,5-4+/t13-,16+,17+,18-;/m1./s1. The lowest BCUT2D eigenvalue weighted by molar-refractivity contribution is -0.185. The Morgan fingerprint density at radius 2 is 2.10 bits per heavy atom. The van der Waals surface area contributed by atoms with Gasteiger partial charge in [-0.3, -0.25) is 4.79 Å². The summed E-state index contributed by atoms with van der Waals surface area (Å²) in [5.41, 5.74) is 0.737. The third-order valence-corrected chi connectivity index (χ3v) is 7.27. The third kappa shape index (κ3) is 3.02. The topological polar surface area (TPSA) is 96.3 Å². The summed E-state index contributed by atoms with van der Waals surface area (Å²) < 4.78 is 11.6. The lowest BCUT2D eigenvalue weighted by Crippen LogP contribution is -2.76. The van der Waals surface area contributed by atoms with Crippen molar-refractivity contribution in [3.63, 3.8) is 0 Å². The van der Waals surface area contributed by atoms with Crippen molar-refractivity contribution in [3.05, 3.63) is 47.6 Å². The number of nitrogens with zero attached hydrogens (tertiary/aromatic N) is 1. The number of rotatable bonds is 3. The number of piperidine rings is 1. The predicted octanol–water partition coefficient (Wildman–Crippen LogP) is 2.25. The average Bonchev–Trinajstić information content (AvgIpc) is 3.10. The summed E-state index contributed by atoms with van der Waals surface area (Å²) in [4.78, 5) is 24.7. The lowest BCUT2D eigenvalue weighted by Gasteiger charge is -2.62. The number of carbonyl (C=O) groups excluding carboxylic acids is 1. The molecule has 4 atom stereocenters. The van der Waals surface area contributed by atoms with Crippen molar-refractivity contribution in [2.45, 2.75) is 55.8 Å². The predicted molar refractivity (Wildman–Crippen MR) is 115 cm³/mol. The van der Waals surface area contributed by atoms with E-state index in [1.165, 1.54) is 11.6 Å². The third-order valence-electron chi connectivity index (χ3n) is 7.27. The van der Waals surface area contributed by atoms with E-state index in [1.807, 2.05) is 13.0 Å². The summed E-state index contributed by atoms with van der Waals surface area (Å²) in [5, 5.41) is 19.8. The molecular weight excluding hydrogens is 398 g/mol. The smallest absolute Gasteiger partial charge is 0.328 e. The van der Waals surface area contributed by atoms with E-state index in [4.69, 9.17) is 14.6 Å². The summed E-state index contributed by atoms with van der Waals surface area (Å²) in [7, 11) is 3.70. The number of carboxylic acid groups (broad SMARTS) is 1. The molecule has 5 rings (SSSR count). The zero-order valence-electron chi connectivity index (χ0n) is 18.1. The van der Waals surface area contributed by atoms with Crippen LogP contribution in [0.15, 0.2) is 36.4 Å². The molecule has 1 saturated carbocycles. The maximum Gasteiger partial charge on any atom is 0.328 e. The summed E-state index contributed by atoms with van der Waals surface area (Å²) in [5.74, 6) is 0.555. The molecule has 166 valence electrons. The van der Waals surface area contributed by atoms with Crippen LogP contribution in [-0.2, 0) is 21.4 Å². The van der Waals surface area contributed by atoms with Crippen molar-refractivity contribution in [2.75, 3.05) is 20.7 Å². The molecule has 7 heteroatoms. The molecule has 7 nitrogen and oxygen atoms in total. The molecular formula is C24H29NO6. The Hall–Kier alpha value is -2.64. The molecule has 0 radical (unpaired) electrons. The molecule has 0 amide bonds. The second kappa shape index (κ2) is 7.80. The number of likely N-dealkylation sites (N-methyl/N-ethyl adjacent to an activating group) is 1. The van der Waals surface area contributed by atoms with E-state index in [1.54, 1.807) is 19.3 Å². The minimum atomic E-state index is -0.914. The van der Waals surface area contributed by atoms with Crippen LogP contribution < -0.4 is 9.47 Å². The highest BCUT2D eigenvalue weighted by molar-refractivity contribution is 5.90. The van der Waals surface area contributed by atoms with Crippen molar-refractivity contribution in [1.29, 1.82) is 0 Å². The van der Waals surface area contributed by atoms with E-state index in [9.17, 15) is 14.7 Å². The molecule has 0 unspecified atom stereocenters. The molecule has 31 heavy (non-hydrogen) atoms. The summed E-state index contributed by atoms with van der Waals surface area (Å²) >= 11 is 0. The number of allylic oxidation sites excluding steroid dienone is 3. The van der Waals surface area contributed by atoms with Gasteiger partial charge in [-0.25, -0.2) is 4.79 Å². The van der Waals surface area contributed by atoms with Gasteiger partial charge in [0, 0.05) is 24.1 Å². The first-order valence-electron chi connectivity index (χ1n) is 10.6. The Labute approximate surface area is 182 Å². The minimum Gasteiger partial charge on any atom is -0.493 e. The highest BCUT2D eigenvalue weighted by atomic mass is 16.5. The number of benzene rings is 1. The van der Waals surface area contributed by atoms with Gasteiger partial charge in [0.1, 0.15) is 0 Å². The Kier molecular flexibility index (Phi) is 5.43. The number of Topliss-reactive ketones (excluding diaryl/α,β-unsaturated/α-hetero) is 1. The molecule has 1 aromatic rings. The fourth-order valence-corrected chi connectivity index (χ4v) is 5.93. The van der Waals surface area contributed by atoms with Crippen LogP contribution in [0.2, 0.25) is 0 Å². The number of ketones is 1. The molecule has 2 aliphatic heterocycles. The second-order valence-electron chi connectivity index (χ2n) is 8.66. The van der Waals surface area contributed by atoms with Gasteiger partial charge in [-0.15, -0.1) is 0 Å². The Bertz CT molecular complexity index is 969. The van der Waals surface area contributed by atoms with Crippen molar-refractivity contribution < 1.29 is 29.3 Å². The van der Waals surface area contributed by atoms with Crippen molar-refractivity contribution >= 4 is 11.8 Å². The number of aliphatic carboxylic acids is 1. The molecule has 2 heterocycles. The van der Waals surface area contributed by atoms with Crippen LogP contribution in [0.1, 0.15) is 37.3 Å². The van der Waals surface area contributed by atoms with Crippen molar-refractivity contribution in [3.8, 4) is 11.5 Å². The number of hydrogen-bond acceptors (Lipinski definition) is 6. The molecule has 2 fully saturated rings. The highest BCUT2D eigenvalue weighted by Gasteiger charge is 2.72. The molecule has 2 bridgehead atoms. The molecule has 4 aliphatic rings. The van der Waals surface area contributed by atoms with Crippen LogP contribution in [0.3, 0.4) is 0 Å². The van der Waals surface area contributed by atoms with Gasteiger partial charge in [-0.2, -0.15) is 0 Å². The molecule has 0 aromatic heterocycles. The first-order chi connectivity index (χ1) is 14.8. The highest BCUT2D eigenvalue weighted by Crippen LogP contribution is 2.64. The van der Waals surface area contributed by atoms with Gasteiger partial charge in [0.05, 0.1) is 18.1 Å². The van der Waals surface area contributed by atoms with Gasteiger partial charge in [0.2, 0.25) is 0 Å². The fraction of sp³-hybridized carbons (Fsp3) is 0.500. The number of carboxylic acids is 1. The molecule has 1 aromatic carbocycles. The van der Waals surface area contributed by atoms with Crippen LogP contribution in [-0.4, -0.2) is 65.3 Å². The maximum atomic E-state index is 12.7. The van der Waals surface area contributed by atoms with Crippen LogP contribution in [0, 0.1) is 0 Å². The summed E-state index contributed by atoms with van der Waals surface area (Å²) in [6.07, 6.45) is 7.87. The Morgan fingerprint density at radius 1 is 1.32 bits per heavy atom. The van der Waals surface area contributed by atoms with Gasteiger partial charge >= 0.3 is 5.97 Å². The Morgan fingerprint density at radius 3 is 2.77 bits per heavy atom. The number of ether oxygens (including phenoxy) is 2. The van der Waals surface area contributed by atoms with Crippen molar-refractivity contribution in [2.24, 2.45) is 0 Å². The number of hydrogen-bond donors (Lipinski definition) is 2. The van der Waals surface area contributed by atoms with Crippen LogP contribution in [0.5, 0.6) is 11.5 Å². The largest absolute Gasteiger partial charge is 0.493 e. The number of likely N-dealkylation sites (tertiary alicyclic amines) is 1. The second-order valence-corrected chi connectivity index (χ2v) is 8.66. The zero-order valence-corrected chi connectivity index (χ0v) is 18.1. The van der Waals surface area contributed by atoms with Crippen molar-refractivity contribution in [1.82, 2.24) is 4.90 Å². The maximum absolute atomic E-state index is 12.7. The molecule has 2 aliphatic carbocycles. The van der Waals surface area contributed by atoms with E-state index in [-0.39, 0.29) is 11.8 Å². The van der Waals surface area contributed by atoms with Gasteiger partial charge in [0.25, 0.3) is 0 Å². The molecule has 1 spiro atoms. The van der Waals surface area contributed by atoms with Gasteiger partial charge < -0.3 is 24.6 Å². The minimum absolute atomic E-state index is 0.0438. The first-order valence-corrected chi connectivity index (χ1v) is 10.6. The SMILES string of the molecule is C/C=C/C=C/C(=O)O.COc1ccc2c3c1O[C@H]1C(=O)CC[C@@]4(O)[C@@H](C2)N(C)CC[C@]314. The molecule has 2 N–H and O–H groups in total. The molecule has 1 saturated heterocycles. The van der Waals surface area contributed by atoms with E-state index in [2.05, 4.69) is 18.0 Å². The normalized spacial score (nSPS) is 33.0. The van der Waals surface area contributed by atoms with E-state index < -0.39 is 23.1 Å². The summed E-state index contributed by atoms with van der Waals surface area (Å²) in [6.45, 7) is 2.70. The first kappa shape index (κ1) is 21.6. The summed E-state index contributed by atoms with van der Waals surface area (Å²) in [6, 6.07) is 4.05. The van der Waals surface area contributed by atoms with E-state index in [0.29, 0.717) is 24.3 Å². The quantitative estimate of drug-likeness (QED) is 0.564. The monoisotopic (exact) mass is 427 g/mol. The van der Waals surface area contributed by atoms with E-state index in [0.717, 1.165) is 31.0 Å². The van der Waals surface area contributed by atoms with Crippen LogP contribution in [0.25, 0.3) is 0 Å². The van der Waals surface area contributed by atoms with Gasteiger partial charge in [-0.1, -0.05) is 24.3 Å². The van der Waals surface area contributed by atoms with Gasteiger partial charge in [0.15, 0.2) is 23.4 Å². The average molecular weight is 427 g/mol. The fourth-order valence-electron chi connectivity index (χ4n) is 5.93. The van der Waals surface area contributed by atoms with Crippen LogP contribution in [0.4, 0.5) is 0 Å². The van der Waals surface area contributed by atoms with Crippen LogP contribution >= 0.6 is 0 Å².